The van der Waals surface area contributed by atoms with Crippen molar-refractivity contribution in [2.75, 3.05) is 20.8 Å². The molecule has 8 heteroatoms. The van der Waals surface area contributed by atoms with Gasteiger partial charge in [-0.15, -0.1) is 0 Å². The largest absolute Gasteiger partial charge is 0.493 e. The second-order valence-electron chi connectivity index (χ2n) is 5.43. The molecule has 0 spiro atoms. The summed E-state index contributed by atoms with van der Waals surface area (Å²) in [6, 6.07) is 13.4. The van der Waals surface area contributed by atoms with Crippen molar-refractivity contribution < 1.29 is 22.7 Å². The highest BCUT2D eigenvalue weighted by Crippen LogP contribution is 2.27. The van der Waals surface area contributed by atoms with Crippen molar-refractivity contribution in [1.29, 1.82) is 0 Å². The highest BCUT2D eigenvalue weighted by atomic mass is 32.2. The number of rotatable bonds is 9. The van der Waals surface area contributed by atoms with Gasteiger partial charge in [0, 0.05) is 19.5 Å². The number of hydrogen-bond acceptors (Lipinski definition) is 5. The molecule has 2 rings (SSSR count). The number of amides is 1. The van der Waals surface area contributed by atoms with Crippen LogP contribution < -0.4 is 19.5 Å². The first-order valence-electron chi connectivity index (χ1n) is 7.98. The fourth-order valence-corrected chi connectivity index (χ4v) is 3.31. The van der Waals surface area contributed by atoms with Crippen molar-refractivity contribution >= 4 is 15.9 Å². The summed E-state index contributed by atoms with van der Waals surface area (Å²) in [5, 5.41) is 2.74. The Morgan fingerprint density at radius 1 is 1.00 bits per heavy atom. The Morgan fingerprint density at radius 3 is 2.35 bits per heavy atom. The smallest absolute Gasteiger partial charge is 0.240 e. The van der Waals surface area contributed by atoms with Gasteiger partial charge >= 0.3 is 0 Å². The SMILES string of the molecule is COc1ccc(CNC(=O)CCNS(=O)(=O)c2ccccc2)cc1OC. The Morgan fingerprint density at radius 2 is 1.69 bits per heavy atom. The molecular formula is C18H22N2O5S. The molecule has 2 aromatic carbocycles. The summed E-state index contributed by atoms with van der Waals surface area (Å²) in [4.78, 5) is 12.1. The molecule has 0 aromatic heterocycles. The van der Waals surface area contributed by atoms with Gasteiger partial charge in [-0.1, -0.05) is 24.3 Å². The van der Waals surface area contributed by atoms with E-state index in [4.69, 9.17) is 9.47 Å². The van der Waals surface area contributed by atoms with Crippen LogP contribution in [0.4, 0.5) is 0 Å². The van der Waals surface area contributed by atoms with Crippen LogP contribution in [-0.2, 0) is 21.4 Å². The van der Waals surface area contributed by atoms with Crippen LogP contribution in [0.15, 0.2) is 53.4 Å². The molecule has 0 fully saturated rings. The fraction of sp³-hybridized carbons (Fsp3) is 0.278. The summed E-state index contributed by atoms with van der Waals surface area (Å²) in [6.07, 6.45) is 0.0410. The first kappa shape index (κ1) is 19.7. The van der Waals surface area contributed by atoms with Crippen LogP contribution in [0.1, 0.15) is 12.0 Å². The summed E-state index contributed by atoms with van der Waals surface area (Å²) >= 11 is 0. The second-order valence-corrected chi connectivity index (χ2v) is 7.19. The minimum Gasteiger partial charge on any atom is -0.493 e. The van der Waals surface area contributed by atoms with Gasteiger partial charge in [0.25, 0.3) is 0 Å². The Hall–Kier alpha value is -2.58. The number of carbonyl (C=O) groups excluding carboxylic acids is 1. The molecule has 1 amide bonds. The zero-order chi connectivity index (χ0) is 19.0. The lowest BCUT2D eigenvalue weighted by atomic mass is 10.2. The van der Waals surface area contributed by atoms with Crippen LogP contribution >= 0.6 is 0 Å². The lowest BCUT2D eigenvalue weighted by Crippen LogP contribution is -2.30. The van der Waals surface area contributed by atoms with Gasteiger partial charge in [-0.05, 0) is 29.8 Å². The molecule has 0 radical (unpaired) electrons. The molecular weight excluding hydrogens is 356 g/mol. The second kappa shape index (κ2) is 9.21. The summed E-state index contributed by atoms with van der Waals surface area (Å²) in [5.74, 6) is 0.934. The zero-order valence-corrected chi connectivity index (χ0v) is 15.5. The third kappa shape index (κ3) is 5.47. The molecule has 0 bridgehead atoms. The standard InChI is InChI=1S/C18H22N2O5S/c1-24-16-9-8-14(12-17(16)25-2)13-19-18(21)10-11-20-26(22,23)15-6-4-3-5-7-15/h3-9,12,20H,10-11,13H2,1-2H3,(H,19,21). The number of sulfonamides is 1. The summed E-state index contributed by atoms with van der Waals surface area (Å²) in [5.41, 5.74) is 0.848. The fourth-order valence-electron chi connectivity index (χ4n) is 2.26. The van der Waals surface area contributed by atoms with E-state index in [9.17, 15) is 13.2 Å². The molecule has 26 heavy (non-hydrogen) atoms. The molecule has 0 aliphatic heterocycles. The average Bonchev–Trinajstić information content (AvgIpc) is 2.66. The molecule has 7 nitrogen and oxygen atoms in total. The lowest BCUT2D eigenvalue weighted by molar-refractivity contribution is -0.121. The first-order valence-corrected chi connectivity index (χ1v) is 9.47. The van der Waals surface area contributed by atoms with Crippen LogP contribution in [0.25, 0.3) is 0 Å². The number of ether oxygens (including phenoxy) is 2. The van der Waals surface area contributed by atoms with Gasteiger partial charge in [-0.3, -0.25) is 4.79 Å². The minimum atomic E-state index is -3.60. The Labute approximate surface area is 153 Å². The number of carbonyl (C=O) groups is 1. The van der Waals surface area contributed by atoms with E-state index in [-0.39, 0.29) is 23.8 Å². The van der Waals surface area contributed by atoms with Crippen molar-refractivity contribution in [2.45, 2.75) is 17.9 Å². The molecule has 0 saturated heterocycles. The van der Waals surface area contributed by atoms with Gasteiger partial charge < -0.3 is 14.8 Å². The number of benzene rings is 2. The predicted molar refractivity (Wildman–Crippen MR) is 97.6 cm³/mol. The summed E-state index contributed by atoms with van der Waals surface area (Å²) in [7, 11) is -0.508. The van der Waals surface area contributed by atoms with E-state index in [1.165, 1.54) is 12.1 Å². The Balaban J connectivity index is 1.81. The van der Waals surface area contributed by atoms with Crippen LogP contribution in [0, 0.1) is 0 Å². The third-order valence-corrected chi connectivity index (χ3v) is 5.11. The quantitative estimate of drug-likeness (QED) is 0.693. The Bertz CT molecular complexity index is 838. The monoisotopic (exact) mass is 378 g/mol. The maximum absolute atomic E-state index is 12.1. The minimum absolute atomic E-state index is 0.0228. The number of nitrogens with one attached hydrogen (secondary N) is 2. The zero-order valence-electron chi connectivity index (χ0n) is 14.7. The van der Waals surface area contributed by atoms with Crippen LogP contribution in [0.3, 0.4) is 0 Å². The highest BCUT2D eigenvalue weighted by molar-refractivity contribution is 7.89. The average molecular weight is 378 g/mol. The summed E-state index contributed by atoms with van der Waals surface area (Å²) < 4.78 is 36.9. The van der Waals surface area contributed by atoms with Crippen LogP contribution in [-0.4, -0.2) is 35.1 Å². The molecule has 0 unspecified atom stereocenters. The highest BCUT2D eigenvalue weighted by Gasteiger charge is 2.13. The van der Waals surface area contributed by atoms with E-state index in [1.54, 1.807) is 44.6 Å². The van der Waals surface area contributed by atoms with Gasteiger partial charge in [0.05, 0.1) is 19.1 Å². The topological polar surface area (TPSA) is 93.7 Å². The van der Waals surface area contributed by atoms with Gasteiger partial charge in [0.15, 0.2) is 11.5 Å². The maximum Gasteiger partial charge on any atom is 0.240 e. The van der Waals surface area contributed by atoms with Crippen LogP contribution in [0.2, 0.25) is 0 Å². The predicted octanol–water partition coefficient (Wildman–Crippen LogP) is 1.69. The van der Waals surface area contributed by atoms with E-state index < -0.39 is 10.0 Å². The maximum atomic E-state index is 12.1. The van der Waals surface area contributed by atoms with Gasteiger partial charge in [0.1, 0.15) is 0 Å². The van der Waals surface area contributed by atoms with E-state index in [0.717, 1.165) is 5.56 Å². The van der Waals surface area contributed by atoms with Crippen molar-refractivity contribution in [2.24, 2.45) is 0 Å². The number of methoxy groups -OCH3 is 2. The van der Waals surface area contributed by atoms with Crippen molar-refractivity contribution in [1.82, 2.24) is 10.0 Å². The first-order chi connectivity index (χ1) is 12.5. The molecule has 0 saturated carbocycles. The van der Waals surface area contributed by atoms with Gasteiger partial charge in [-0.25, -0.2) is 13.1 Å². The van der Waals surface area contributed by atoms with Crippen molar-refractivity contribution in [3.63, 3.8) is 0 Å². The molecule has 0 atom stereocenters. The van der Waals surface area contributed by atoms with Gasteiger partial charge in [0.2, 0.25) is 15.9 Å². The molecule has 0 aliphatic carbocycles. The molecule has 2 aromatic rings. The number of hydrogen-bond donors (Lipinski definition) is 2. The Kier molecular flexibility index (Phi) is 6.99. The van der Waals surface area contributed by atoms with E-state index in [2.05, 4.69) is 10.0 Å². The summed E-state index contributed by atoms with van der Waals surface area (Å²) in [6.45, 7) is 0.333. The van der Waals surface area contributed by atoms with E-state index >= 15 is 0 Å². The third-order valence-electron chi connectivity index (χ3n) is 3.64. The van der Waals surface area contributed by atoms with Crippen LogP contribution in [0.5, 0.6) is 11.5 Å². The van der Waals surface area contributed by atoms with Crippen molar-refractivity contribution in [3.8, 4) is 11.5 Å². The molecule has 0 aliphatic rings. The molecule has 0 heterocycles. The molecule has 2 N–H and O–H groups in total. The van der Waals surface area contributed by atoms with E-state index in [1.807, 2.05) is 6.07 Å². The van der Waals surface area contributed by atoms with Crippen molar-refractivity contribution in [3.05, 3.63) is 54.1 Å². The van der Waals surface area contributed by atoms with Gasteiger partial charge in [-0.2, -0.15) is 0 Å². The lowest BCUT2D eigenvalue weighted by Gasteiger charge is -2.11. The molecule has 140 valence electrons. The normalized spacial score (nSPS) is 11.0. The van der Waals surface area contributed by atoms with E-state index in [0.29, 0.717) is 18.0 Å².